The van der Waals surface area contributed by atoms with Gasteiger partial charge in [0.25, 0.3) is 0 Å². The van der Waals surface area contributed by atoms with E-state index in [-0.39, 0.29) is 6.61 Å². The van der Waals surface area contributed by atoms with Crippen molar-refractivity contribution in [2.75, 3.05) is 13.2 Å². The minimum Gasteiger partial charge on any atom is -0.479 e. The number of carbonyl (C=O) groups is 2. The lowest BCUT2D eigenvalue weighted by Crippen LogP contribution is -2.68. The van der Waals surface area contributed by atoms with Gasteiger partial charge in [-0.05, 0) is 0 Å². The highest BCUT2D eigenvalue weighted by molar-refractivity contribution is 5.73. The molecule has 2 aliphatic heterocycles. The number of amides is 1. The zero-order valence-corrected chi connectivity index (χ0v) is 16.1. The maximum atomic E-state index is 11.7. The fourth-order valence-corrected chi connectivity index (χ4v) is 3.24. The molecular weight excluding hydrogens is 410 g/mol. The molecule has 30 heavy (non-hydrogen) atoms. The lowest BCUT2D eigenvalue weighted by molar-refractivity contribution is -0.339. The van der Waals surface area contributed by atoms with Crippen LogP contribution in [0.5, 0.6) is 0 Å². The summed E-state index contributed by atoms with van der Waals surface area (Å²) in [5.41, 5.74) is 0. The van der Waals surface area contributed by atoms with E-state index in [1.54, 1.807) is 0 Å². The van der Waals surface area contributed by atoms with E-state index in [0.717, 1.165) is 0 Å². The number of carbonyl (C=O) groups excluding carboxylic acids is 1. The summed E-state index contributed by atoms with van der Waals surface area (Å²) >= 11 is 0. The van der Waals surface area contributed by atoms with E-state index in [1.165, 1.54) is 13.0 Å². The predicted octanol–water partition coefficient (Wildman–Crippen LogP) is -3.95. The standard InChI is InChI=1S/C17H27NO12/c1-3-4-27-16-8(18-6(2)20)13(9(21)7(5-19)28-16)29-17-12(24)10(22)11(23)14(30-17)15(25)26/h3,7-14,16-17,19,21-24H,1,4-5H2,2H3,(H,18,20)(H,25,26)/t7-,8-,9+,10+,11+,12-,13-,14+,16-,17-/m1/s1. The average Bonchev–Trinajstić information content (AvgIpc) is 2.69. The molecule has 1 amide bonds. The second-order valence-electron chi connectivity index (χ2n) is 6.90. The summed E-state index contributed by atoms with van der Waals surface area (Å²) in [5, 5.41) is 61.6. The summed E-state index contributed by atoms with van der Waals surface area (Å²) in [6.45, 7) is 3.99. The summed E-state index contributed by atoms with van der Waals surface area (Å²) in [6, 6.07) is -1.18. The van der Waals surface area contributed by atoms with Crippen LogP contribution in [-0.2, 0) is 28.5 Å². The predicted molar refractivity (Wildman–Crippen MR) is 94.7 cm³/mol. The summed E-state index contributed by atoms with van der Waals surface area (Å²) in [4.78, 5) is 22.9. The Labute approximate surface area is 171 Å². The van der Waals surface area contributed by atoms with Crippen molar-refractivity contribution in [3.05, 3.63) is 12.7 Å². The zero-order valence-electron chi connectivity index (χ0n) is 16.1. The monoisotopic (exact) mass is 437 g/mol. The number of hydrogen-bond donors (Lipinski definition) is 7. The minimum absolute atomic E-state index is 0.0176. The molecule has 10 atom stereocenters. The highest BCUT2D eigenvalue weighted by Crippen LogP contribution is 2.29. The van der Waals surface area contributed by atoms with E-state index in [1.807, 2.05) is 0 Å². The number of carboxylic acid groups (broad SMARTS) is 1. The van der Waals surface area contributed by atoms with E-state index < -0.39 is 79.8 Å². The summed E-state index contributed by atoms with van der Waals surface area (Å²) in [6.07, 6.45) is -13.5. The topological polar surface area (TPSA) is 204 Å². The first-order valence-corrected chi connectivity index (χ1v) is 9.14. The van der Waals surface area contributed by atoms with Crippen molar-refractivity contribution in [2.45, 2.75) is 68.3 Å². The Morgan fingerprint density at radius 2 is 1.73 bits per heavy atom. The van der Waals surface area contributed by atoms with Crippen molar-refractivity contribution in [3.63, 3.8) is 0 Å². The van der Waals surface area contributed by atoms with Crippen LogP contribution in [0.4, 0.5) is 0 Å². The van der Waals surface area contributed by atoms with Crippen LogP contribution in [0.1, 0.15) is 6.92 Å². The van der Waals surface area contributed by atoms with Gasteiger partial charge >= 0.3 is 5.97 Å². The highest BCUT2D eigenvalue weighted by atomic mass is 16.7. The highest BCUT2D eigenvalue weighted by Gasteiger charge is 2.52. The van der Waals surface area contributed by atoms with Crippen LogP contribution in [-0.4, -0.2) is 117 Å². The maximum absolute atomic E-state index is 11.7. The van der Waals surface area contributed by atoms with Gasteiger partial charge < -0.3 is 54.9 Å². The van der Waals surface area contributed by atoms with Gasteiger partial charge in [0, 0.05) is 6.92 Å². The molecule has 2 rings (SSSR count). The molecule has 0 aliphatic carbocycles. The SMILES string of the molecule is C=CCO[C@@H]1O[C@H](CO)[C@H](O)[C@H](O[C@@H]2O[C@H](C(=O)O)[C@@H](O)[C@H](O)[C@H]2O)[C@H]1NC(C)=O. The van der Waals surface area contributed by atoms with Gasteiger partial charge in [0.1, 0.15) is 42.7 Å². The third-order valence-electron chi connectivity index (χ3n) is 4.71. The first-order chi connectivity index (χ1) is 14.1. The fourth-order valence-electron chi connectivity index (χ4n) is 3.24. The van der Waals surface area contributed by atoms with Crippen LogP contribution in [0, 0.1) is 0 Å². The molecule has 172 valence electrons. The lowest BCUT2D eigenvalue weighted by Gasteiger charge is -2.47. The third-order valence-corrected chi connectivity index (χ3v) is 4.71. The average molecular weight is 437 g/mol. The number of aliphatic hydroxyl groups excluding tert-OH is 5. The largest absolute Gasteiger partial charge is 0.479 e. The van der Waals surface area contributed by atoms with Crippen LogP contribution in [0.2, 0.25) is 0 Å². The first-order valence-electron chi connectivity index (χ1n) is 9.14. The van der Waals surface area contributed by atoms with Crippen molar-refractivity contribution >= 4 is 11.9 Å². The van der Waals surface area contributed by atoms with Crippen LogP contribution in [0.3, 0.4) is 0 Å². The smallest absolute Gasteiger partial charge is 0.335 e. The van der Waals surface area contributed by atoms with Crippen LogP contribution >= 0.6 is 0 Å². The number of aliphatic carboxylic acids is 1. The first kappa shape index (κ1) is 24.6. The maximum Gasteiger partial charge on any atom is 0.335 e. The van der Waals surface area contributed by atoms with Gasteiger partial charge in [0.15, 0.2) is 18.7 Å². The Balaban J connectivity index is 2.31. The molecule has 0 radical (unpaired) electrons. The molecule has 2 heterocycles. The molecule has 2 aliphatic rings. The summed E-state index contributed by atoms with van der Waals surface area (Å²) < 4.78 is 21.5. The van der Waals surface area contributed by atoms with Gasteiger partial charge in [-0.1, -0.05) is 6.08 Å². The molecule has 13 nitrogen and oxygen atoms in total. The Kier molecular flexibility index (Phi) is 8.66. The van der Waals surface area contributed by atoms with Gasteiger partial charge in [-0.2, -0.15) is 0 Å². The number of carboxylic acids is 1. The van der Waals surface area contributed by atoms with Crippen molar-refractivity contribution in [1.29, 1.82) is 0 Å². The number of aliphatic hydroxyl groups is 5. The number of ether oxygens (including phenoxy) is 4. The normalized spacial score (nSPS) is 41.8. The van der Waals surface area contributed by atoms with Gasteiger partial charge in [-0.15, -0.1) is 6.58 Å². The molecule has 0 spiro atoms. The molecule has 2 saturated heterocycles. The van der Waals surface area contributed by atoms with Crippen molar-refractivity contribution in [3.8, 4) is 0 Å². The summed E-state index contributed by atoms with van der Waals surface area (Å²) in [5.74, 6) is -2.17. The van der Waals surface area contributed by atoms with E-state index in [4.69, 9.17) is 24.1 Å². The molecule has 0 aromatic heterocycles. The second kappa shape index (κ2) is 10.6. The molecule has 0 aromatic carbocycles. The van der Waals surface area contributed by atoms with Gasteiger partial charge in [0.2, 0.25) is 5.91 Å². The molecule has 0 unspecified atom stereocenters. The molecule has 0 bridgehead atoms. The molecule has 0 saturated carbocycles. The minimum atomic E-state index is -1.93. The Morgan fingerprint density at radius 1 is 1.07 bits per heavy atom. The lowest BCUT2D eigenvalue weighted by atomic mass is 9.95. The van der Waals surface area contributed by atoms with Crippen LogP contribution in [0.25, 0.3) is 0 Å². The van der Waals surface area contributed by atoms with Crippen LogP contribution in [0.15, 0.2) is 12.7 Å². The Bertz CT molecular complexity index is 618. The zero-order chi connectivity index (χ0) is 22.6. The van der Waals surface area contributed by atoms with E-state index in [9.17, 15) is 35.1 Å². The fraction of sp³-hybridized carbons (Fsp3) is 0.765. The van der Waals surface area contributed by atoms with E-state index in [2.05, 4.69) is 11.9 Å². The second-order valence-corrected chi connectivity index (χ2v) is 6.90. The van der Waals surface area contributed by atoms with Crippen molar-refractivity contribution in [2.24, 2.45) is 0 Å². The summed E-state index contributed by atoms with van der Waals surface area (Å²) in [7, 11) is 0. The molecular formula is C17H27NO12. The third kappa shape index (κ3) is 5.32. The van der Waals surface area contributed by atoms with Crippen molar-refractivity contribution < 1.29 is 59.2 Å². The van der Waals surface area contributed by atoms with Gasteiger partial charge in [0.05, 0.1) is 13.2 Å². The molecule has 13 heteroatoms. The van der Waals surface area contributed by atoms with Gasteiger partial charge in [-0.25, -0.2) is 4.79 Å². The Morgan fingerprint density at radius 3 is 2.27 bits per heavy atom. The molecule has 0 aromatic rings. The van der Waals surface area contributed by atoms with Crippen molar-refractivity contribution in [1.82, 2.24) is 5.32 Å². The Hall–Kier alpha value is -1.68. The number of rotatable bonds is 8. The number of hydrogen-bond acceptors (Lipinski definition) is 11. The molecule has 7 N–H and O–H groups in total. The number of nitrogens with one attached hydrogen (secondary N) is 1. The van der Waals surface area contributed by atoms with Crippen LogP contribution < -0.4 is 5.32 Å². The van der Waals surface area contributed by atoms with E-state index >= 15 is 0 Å². The van der Waals surface area contributed by atoms with E-state index in [0.29, 0.717) is 0 Å². The van der Waals surface area contributed by atoms with Gasteiger partial charge in [-0.3, -0.25) is 4.79 Å². The molecule has 2 fully saturated rings. The quantitative estimate of drug-likeness (QED) is 0.182.